The van der Waals surface area contributed by atoms with Gasteiger partial charge in [0.05, 0.1) is 5.69 Å². The second kappa shape index (κ2) is 5.13. The highest BCUT2D eigenvalue weighted by molar-refractivity contribution is 5.70. The molecule has 0 N–H and O–H groups in total. The maximum atomic E-state index is 4.59. The first-order chi connectivity index (χ1) is 8.22. The van der Waals surface area contributed by atoms with Gasteiger partial charge in [-0.25, -0.2) is 0 Å². The van der Waals surface area contributed by atoms with Crippen LogP contribution in [0.5, 0.6) is 0 Å². The number of allylic oxidation sites excluding steroid dienone is 6. The molecule has 17 heavy (non-hydrogen) atoms. The zero-order valence-electron chi connectivity index (χ0n) is 10.8. The summed E-state index contributed by atoms with van der Waals surface area (Å²) in [6.07, 6.45) is 12.9. The molecule has 0 aromatic carbocycles. The molecule has 1 aromatic heterocycles. The number of hydrogen-bond donors (Lipinski definition) is 0. The third kappa shape index (κ3) is 2.55. The van der Waals surface area contributed by atoms with Crippen molar-refractivity contribution in [2.75, 3.05) is 0 Å². The summed E-state index contributed by atoms with van der Waals surface area (Å²) in [6, 6.07) is 2.25. The van der Waals surface area contributed by atoms with Crippen LogP contribution in [0.25, 0.3) is 11.1 Å². The number of aryl methyl sites for hydroxylation is 1. The van der Waals surface area contributed by atoms with Gasteiger partial charge in [-0.15, -0.1) is 0 Å². The lowest BCUT2D eigenvalue weighted by molar-refractivity contribution is 1.05. The second-order valence-corrected chi connectivity index (χ2v) is 4.52. The molecule has 0 saturated carbocycles. The summed E-state index contributed by atoms with van der Waals surface area (Å²) in [4.78, 5) is 4.59. The molecule has 0 fully saturated rings. The summed E-state index contributed by atoms with van der Waals surface area (Å²) in [6.45, 7) is 6.30. The van der Waals surface area contributed by atoms with E-state index in [-0.39, 0.29) is 0 Å². The van der Waals surface area contributed by atoms with Gasteiger partial charge in [0, 0.05) is 6.20 Å². The first-order valence-corrected chi connectivity index (χ1v) is 6.18. The molecule has 1 aliphatic carbocycles. The minimum absolute atomic E-state index is 1.11. The normalized spacial score (nSPS) is 15.9. The zero-order chi connectivity index (χ0) is 12.3. The van der Waals surface area contributed by atoms with E-state index in [1.54, 1.807) is 0 Å². The maximum absolute atomic E-state index is 4.59. The maximum Gasteiger partial charge on any atom is 0.0685 e. The average Bonchev–Trinajstić information content (AvgIpc) is 2.39. The molecular weight excluding hydrogens is 206 g/mol. The van der Waals surface area contributed by atoms with Crippen LogP contribution in [0.15, 0.2) is 36.6 Å². The Morgan fingerprint density at radius 3 is 2.82 bits per heavy atom. The summed E-state index contributed by atoms with van der Waals surface area (Å²) >= 11 is 0. The van der Waals surface area contributed by atoms with E-state index >= 15 is 0 Å². The van der Waals surface area contributed by atoms with Crippen LogP contribution in [0.4, 0.5) is 0 Å². The number of rotatable bonds is 2. The highest BCUT2D eigenvalue weighted by Gasteiger charge is 2.07. The van der Waals surface area contributed by atoms with Crippen LogP contribution < -0.4 is 0 Å². The Hall–Kier alpha value is -1.63. The van der Waals surface area contributed by atoms with Crippen LogP contribution in [-0.2, 0) is 0 Å². The molecule has 0 bridgehead atoms. The largest absolute Gasteiger partial charge is 0.256 e. The van der Waals surface area contributed by atoms with E-state index in [0.29, 0.717) is 0 Å². The van der Waals surface area contributed by atoms with Gasteiger partial charge in [0.2, 0.25) is 0 Å². The number of pyridine rings is 1. The zero-order valence-corrected chi connectivity index (χ0v) is 10.8. The minimum Gasteiger partial charge on any atom is -0.256 e. The van der Waals surface area contributed by atoms with E-state index in [1.807, 2.05) is 6.20 Å². The monoisotopic (exact) mass is 225 g/mol. The van der Waals surface area contributed by atoms with E-state index in [4.69, 9.17) is 0 Å². The van der Waals surface area contributed by atoms with E-state index in [9.17, 15) is 0 Å². The van der Waals surface area contributed by atoms with Gasteiger partial charge >= 0.3 is 0 Å². The van der Waals surface area contributed by atoms with E-state index in [2.05, 4.69) is 56.1 Å². The van der Waals surface area contributed by atoms with Crippen molar-refractivity contribution in [3.63, 3.8) is 0 Å². The first kappa shape index (κ1) is 11.8. The van der Waals surface area contributed by atoms with E-state index in [1.165, 1.54) is 22.3 Å². The fraction of sp³-hybridized carbons (Fsp3) is 0.312. The van der Waals surface area contributed by atoms with Gasteiger partial charge in [-0.3, -0.25) is 4.98 Å². The fourth-order valence-electron chi connectivity index (χ4n) is 2.14. The van der Waals surface area contributed by atoms with Crippen molar-refractivity contribution in [2.45, 2.75) is 33.6 Å². The Morgan fingerprint density at radius 2 is 2.24 bits per heavy atom. The molecule has 2 rings (SSSR count). The summed E-state index contributed by atoms with van der Waals surface area (Å²) in [5.74, 6) is 0. The molecule has 88 valence electrons. The predicted octanol–water partition coefficient (Wildman–Crippen LogP) is 4.55. The Labute approximate surface area is 104 Å². The molecule has 0 radical (unpaired) electrons. The van der Waals surface area contributed by atoms with Crippen LogP contribution in [-0.4, -0.2) is 4.98 Å². The predicted molar refractivity (Wildman–Crippen MR) is 74.7 cm³/mol. The SMILES string of the molecule is C/C=C(/C)c1ncc(C2=CC=CCC2)cc1C. The molecule has 0 amide bonds. The Kier molecular flexibility index (Phi) is 3.58. The first-order valence-electron chi connectivity index (χ1n) is 6.18. The molecule has 1 aliphatic rings. The van der Waals surface area contributed by atoms with Crippen LogP contribution in [0.1, 0.15) is 43.5 Å². The molecule has 0 atom stereocenters. The van der Waals surface area contributed by atoms with E-state index in [0.717, 1.165) is 18.5 Å². The lowest BCUT2D eigenvalue weighted by Crippen LogP contribution is -1.95. The van der Waals surface area contributed by atoms with Gasteiger partial charge < -0.3 is 0 Å². The third-order valence-electron chi connectivity index (χ3n) is 3.27. The van der Waals surface area contributed by atoms with Gasteiger partial charge in [0.25, 0.3) is 0 Å². The van der Waals surface area contributed by atoms with Crippen molar-refractivity contribution in [1.29, 1.82) is 0 Å². The molecule has 1 heterocycles. The molecule has 1 heteroatoms. The van der Waals surface area contributed by atoms with Crippen LogP contribution >= 0.6 is 0 Å². The van der Waals surface area contributed by atoms with Gasteiger partial charge in [-0.2, -0.15) is 0 Å². The molecule has 1 aromatic rings. The lowest BCUT2D eigenvalue weighted by Gasteiger charge is -2.12. The highest BCUT2D eigenvalue weighted by Crippen LogP contribution is 2.25. The summed E-state index contributed by atoms with van der Waals surface area (Å²) in [7, 11) is 0. The quantitative estimate of drug-likeness (QED) is 0.719. The van der Waals surface area contributed by atoms with Gasteiger partial charge in [-0.1, -0.05) is 24.3 Å². The molecule has 0 unspecified atom stereocenters. The van der Waals surface area contributed by atoms with Crippen molar-refractivity contribution in [2.24, 2.45) is 0 Å². The van der Waals surface area contributed by atoms with Gasteiger partial charge in [0.1, 0.15) is 0 Å². The van der Waals surface area contributed by atoms with Crippen LogP contribution in [0.3, 0.4) is 0 Å². The Morgan fingerprint density at radius 1 is 1.41 bits per heavy atom. The topological polar surface area (TPSA) is 12.9 Å². The smallest absolute Gasteiger partial charge is 0.0685 e. The summed E-state index contributed by atoms with van der Waals surface area (Å²) in [5, 5.41) is 0. The molecule has 1 nitrogen and oxygen atoms in total. The second-order valence-electron chi connectivity index (χ2n) is 4.52. The summed E-state index contributed by atoms with van der Waals surface area (Å²) in [5.41, 5.74) is 6.27. The molecule has 0 saturated heterocycles. The highest BCUT2D eigenvalue weighted by atomic mass is 14.7. The van der Waals surface area contributed by atoms with Crippen molar-refractivity contribution in [1.82, 2.24) is 4.98 Å². The van der Waals surface area contributed by atoms with Crippen LogP contribution in [0, 0.1) is 6.92 Å². The number of hydrogen-bond acceptors (Lipinski definition) is 1. The molecule has 0 spiro atoms. The number of aromatic nitrogens is 1. The van der Waals surface area contributed by atoms with Crippen molar-refractivity contribution in [3.8, 4) is 0 Å². The fourth-order valence-corrected chi connectivity index (χ4v) is 2.14. The number of nitrogens with zero attached hydrogens (tertiary/aromatic N) is 1. The molecular formula is C16H19N. The van der Waals surface area contributed by atoms with Crippen molar-refractivity contribution < 1.29 is 0 Å². The van der Waals surface area contributed by atoms with E-state index < -0.39 is 0 Å². The van der Waals surface area contributed by atoms with Gasteiger partial charge in [-0.05, 0) is 62.0 Å². The molecule has 0 aliphatic heterocycles. The van der Waals surface area contributed by atoms with Gasteiger partial charge in [0.15, 0.2) is 0 Å². The Bertz CT molecular complexity index is 504. The van der Waals surface area contributed by atoms with Crippen LogP contribution in [0.2, 0.25) is 0 Å². The lowest BCUT2D eigenvalue weighted by atomic mass is 9.96. The average molecular weight is 225 g/mol. The minimum atomic E-state index is 1.11. The standard InChI is InChI=1S/C16H19N/c1-4-12(2)16-13(3)10-15(11-17-16)14-8-6-5-7-9-14/h4-6,8,10-11H,7,9H2,1-3H3/b12-4-. The Balaban J connectivity index is 2.37. The summed E-state index contributed by atoms with van der Waals surface area (Å²) < 4.78 is 0. The van der Waals surface area contributed by atoms with Crippen molar-refractivity contribution >= 4 is 11.1 Å². The third-order valence-corrected chi connectivity index (χ3v) is 3.27. The van der Waals surface area contributed by atoms with Crippen molar-refractivity contribution in [3.05, 3.63) is 53.4 Å².